The fourth-order valence-electron chi connectivity index (χ4n) is 0.787. The van der Waals surface area contributed by atoms with E-state index in [4.69, 9.17) is 16.7 Å². The molecule has 0 aromatic carbocycles. The minimum atomic E-state index is 0.187. The van der Waals surface area contributed by atoms with Crippen LogP contribution >= 0.6 is 11.8 Å². The van der Waals surface area contributed by atoms with E-state index >= 15 is 0 Å². The molecule has 5 nitrogen and oxygen atoms in total. The number of nitrogens with zero attached hydrogens (tertiary/aromatic N) is 3. The van der Waals surface area contributed by atoms with Gasteiger partial charge in [0.05, 0.1) is 23.2 Å². The van der Waals surface area contributed by atoms with Gasteiger partial charge in [0.1, 0.15) is 5.03 Å². The number of hydrogen-bond acceptors (Lipinski definition) is 6. The second-order valence-electron chi connectivity index (χ2n) is 2.33. The van der Waals surface area contributed by atoms with Crippen LogP contribution < -0.4 is 11.5 Å². The zero-order valence-electron chi connectivity index (χ0n) is 7.11. The Bertz CT molecular complexity index is 357. The SMILES string of the molecule is Cc1nc(N)nc(SCC#N)c1N. The molecule has 4 N–H and O–H groups in total. The second-order valence-corrected chi connectivity index (χ2v) is 3.30. The number of nitrogen functional groups attached to an aromatic ring is 2. The van der Waals surface area contributed by atoms with Crippen molar-refractivity contribution in [1.29, 1.82) is 5.26 Å². The largest absolute Gasteiger partial charge is 0.395 e. The van der Waals surface area contributed by atoms with Gasteiger partial charge in [0.25, 0.3) is 0 Å². The molecular formula is C7H9N5S. The summed E-state index contributed by atoms with van der Waals surface area (Å²) in [6.07, 6.45) is 0. The first-order valence-electron chi connectivity index (χ1n) is 3.54. The van der Waals surface area contributed by atoms with Crippen LogP contribution in [0, 0.1) is 18.3 Å². The minimum Gasteiger partial charge on any atom is -0.395 e. The highest BCUT2D eigenvalue weighted by Gasteiger charge is 2.06. The molecule has 0 unspecified atom stereocenters. The summed E-state index contributed by atoms with van der Waals surface area (Å²) in [5, 5.41) is 8.95. The van der Waals surface area contributed by atoms with Crippen molar-refractivity contribution >= 4 is 23.4 Å². The van der Waals surface area contributed by atoms with Gasteiger partial charge in [-0.1, -0.05) is 11.8 Å². The van der Waals surface area contributed by atoms with E-state index in [0.717, 1.165) is 0 Å². The Labute approximate surface area is 80.2 Å². The second kappa shape index (κ2) is 3.96. The molecule has 0 radical (unpaired) electrons. The average molecular weight is 195 g/mol. The summed E-state index contributed by atoms with van der Waals surface area (Å²) < 4.78 is 0. The molecule has 0 spiro atoms. The number of thioether (sulfide) groups is 1. The van der Waals surface area contributed by atoms with E-state index in [-0.39, 0.29) is 5.95 Å². The Morgan fingerprint density at radius 3 is 2.77 bits per heavy atom. The maximum atomic E-state index is 8.37. The summed E-state index contributed by atoms with van der Waals surface area (Å²) in [5.41, 5.74) is 12.2. The molecule has 0 fully saturated rings. The summed E-state index contributed by atoms with van der Waals surface area (Å²) in [5.74, 6) is 0.493. The van der Waals surface area contributed by atoms with Gasteiger partial charge in [0.15, 0.2) is 0 Å². The summed E-state index contributed by atoms with van der Waals surface area (Å²) in [4.78, 5) is 7.81. The van der Waals surface area contributed by atoms with E-state index in [1.54, 1.807) is 6.92 Å². The van der Waals surface area contributed by atoms with E-state index in [9.17, 15) is 0 Å². The normalized spacial score (nSPS) is 9.54. The van der Waals surface area contributed by atoms with Crippen molar-refractivity contribution in [3.8, 4) is 6.07 Å². The minimum absolute atomic E-state index is 0.187. The van der Waals surface area contributed by atoms with Crippen LogP contribution in [0.25, 0.3) is 0 Å². The van der Waals surface area contributed by atoms with Gasteiger partial charge >= 0.3 is 0 Å². The lowest BCUT2D eigenvalue weighted by Gasteiger charge is -2.05. The van der Waals surface area contributed by atoms with Crippen LogP contribution in [-0.2, 0) is 0 Å². The molecule has 1 aromatic rings. The lowest BCUT2D eigenvalue weighted by molar-refractivity contribution is 1.04. The molecule has 0 bridgehead atoms. The van der Waals surface area contributed by atoms with Crippen molar-refractivity contribution in [3.05, 3.63) is 5.69 Å². The van der Waals surface area contributed by atoms with Crippen molar-refractivity contribution < 1.29 is 0 Å². The number of nitriles is 1. The molecule has 0 aliphatic rings. The smallest absolute Gasteiger partial charge is 0.221 e. The Balaban J connectivity index is 3.00. The van der Waals surface area contributed by atoms with E-state index in [0.29, 0.717) is 22.2 Å². The lowest BCUT2D eigenvalue weighted by Crippen LogP contribution is -2.03. The van der Waals surface area contributed by atoms with E-state index in [2.05, 4.69) is 9.97 Å². The Morgan fingerprint density at radius 1 is 1.46 bits per heavy atom. The van der Waals surface area contributed by atoms with Gasteiger partial charge in [-0.15, -0.1) is 0 Å². The molecule has 1 heterocycles. The topological polar surface area (TPSA) is 102 Å². The van der Waals surface area contributed by atoms with Crippen LogP contribution in [0.4, 0.5) is 11.6 Å². The zero-order valence-corrected chi connectivity index (χ0v) is 7.93. The number of nitrogens with two attached hydrogens (primary N) is 2. The van der Waals surface area contributed by atoms with Crippen molar-refractivity contribution in [3.63, 3.8) is 0 Å². The molecule has 13 heavy (non-hydrogen) atoms. The molecule has 0 saturated heterocycles. The molecular weight excluding hydrogens is 186 g/mol. The van der Waals surface area contributed by atoms with Gasteiger partial charge in [0, 0.05) is 0 Å². The summed E-state index contributed by atoms with van der Waals surface area (Å²) in [6.45, 7) is 1.75. The van der Waals surface area contributed by atoms with Crippen LogP contribution in [-0.4, -0.2) is 15.7 Å². The highest BCUT2D eigenvalue weighted by atomic mass is 32.2. The lowest BCUT2D eigenvalue weighted by atomic mass is 10.4. The van der Waals surface area contributed by atoms with E-state index < -0.39 is 0 Å². The first-order chi connectivity index (χ1) is 6.15. The summed E-state index contributed by atoms with van der Waals surface area (Å²) in [6, 6.07) is 1.99. The average Bonchev–Trinajstić information content (AvgIpc) is 2.09. The fraction of sp³-hybridized carbons (Fsp3) is 0.286. The van der Waals surface area contributed by atoms with E-state index in [1.165, 1.54) is 11.8 Å². The van der Waals surface area contributed by atoms with Crippen LogP contribution in [0.15, 0.2) is 5.03 Å². The summed E-state index contributed by atoms with van der Waals surface area (Å²) >= 11 is 1.26. The van der Waals surface area contributed by atoms with Crippen LogP contribution in [0.1, 0.15) is 5.69 Å². The quantitative estimate of drug-likeness (QED) is 0.528. The Morgan fingerprint density at radius 2 is 2.15 bits per heavy atom. The maximum Gasteiger partial charge on any atom is 0.221 e. The Kier molecular flexibility index (Phi) is 2.93. The van der Waals surface area contributed by atoms with Gasteiger partial charge in [-0.3, -0.25) is 0 Å². The maximum absolute atomic E-state index is 8.37. The molecule has 0 aliphatic heterocycles. The van der Waals surface area contributed by atoms with Crippen LogP contribution in [0.2, 0.25) is 0 Å². The van der Waals surface area contributed by atoms with Gasteiger partial charge < -0.3 is 11.5 Å². The third kappa shape index (κ3) is 2.23. The molecule has 0 amide bonds. The number of rotatable bonds is 2. The molecule has 0 atom stereocenters. The van der Waals surface area contributed by atoms with Crippen molar-refractivity contribution in [2.24, 2.45) is 0 Å². The van der Waals surface area contributed by atoms with Gasteiger partial charge in [-0.2, -0.15) is 5.26 Å². The standard InChI is InChI=1S/C7H9N5S/c1-4-5(9)6(13-3-2-8)12-7(10)11-4/h3,9H2,1H3,(H2,10,11,12). The third-order valence-electron chi connectivity index (χ3n) is 1.39. The van der Waals surface area contributed by atoms with Gasteiger partial charge in [0.2, 0.25) is 5.95 Å². The molecule has 1 aromatic heterocycles. The monoisotopic (exact) mass is 195 g/mol. The predicted molar refractivity (Wildman–Crippen MR) is 51.9 cm³/mol. The number of aromatic nitrogens is 2. The van der Waals surface area contributed by atoms with Crippen LogP contribution in [0.3, 0.4) is 0 Å². The first kappa shape index (κ1) is 9.61. The predicted octanol–water partition coefficient (Wildman–Crippen LogP) is 0.565. The zero-order chi connectivity index (χ0) is 9.84. The van der Waals surface area contributed by atoms with Crippen molar-refractivity contribution in [2.75, 3.05) is 17.2 Å². The van der Waals surface area contributed by atoms with Crippen LogP contribution in [0.5, 0.6) is 0 Å². The highest BCUT2D eigenvalue weighted by molar-refractivity contribution is 7.99. The molecule has 0 aliphatic carbocycles. The molecule has 0 saturated carbocycles. The van der Waals surface area contributed by atoms with Gasteiger partial charge in [-0.25, -0.2) is 9.97 Å². The third-order valence-corrected chi connectivity index (χ3v) is 2.25. The number of aryl methyl sites for hydroxylation is 1. The summed E-state index contributed by atoms with van der Waals surface area (Å²) in [7, 11) is 0. The number of hydrogen-bond donors (Lipinski definition) is 2. The Hall–Kier alpha value is -1.48. The van der Waals surface area contributed by atoms with Crippen molar-refractivity contribution in [2.45, 2.75) is 11.9 Å². The highest BCUT2D eigenvalue weighted by Crippen LogP contribution is 2.24. The number of anilines is 2. The van der Waals surface area contributed by atoms with Gasteiger partial charge in [-0.05, 0) is 6.92 Å². The fourth-order valence-corrected chi connectivity index (χ4v) is 1.45. The van der Waals surface area contributed by atoms with E-state index in [1.807, 2.05) is 6.07 Å². The first-order valence-corrected chi connectivity index (χ1v) is 4.53. The van der Waals surface area contributed by atoms with Crippen molar-refractivity contribution in [1.82, 2.24) is 9.97 Å². The molecule has 6 heteroatoms. The molecule has 1 rings (SSSR count). The molecule has 68 valence electrons.